The SMILES string of the molecule is Cc1cccc(C)c1NC(=O)CNC(=O)Cn1cnc2cc(Cl)ccc2c1=O. The molecule has 3 aromatic rings. The van der Waals surface area contributed by atoms with Gasteiger partial charge in [0.15, 0.2) is 0 Å². The standard InChI is InChI=1S/C20H19ClN4O3/c1-12-4-3-5-13(2)19(12)24-17(26)9-22-18(27)10-25-11-23-16-8-14(21)6-7-15(16)20(25)28/h3-8,11H,9-10H2,1-2H3,(H,22,27)(H,24,26). The van der Waals surface area contributed by atoms with Crippen LogP contribution in [-0.2, 0) is 16.1 Å². The van der Waals surface area contributed by atoms with Gasteiger partial charge in [0.05, 0.1) is 23.8 Å². The molecule has 0 aliphatic carbocycles. The lowest BCUT2D eigenvalue weighted by Gasteiger charge is -2.12. The number of para-hydroxylation sites is 1. The number of carbonyl (C=O) groups excluding carboxylic acids is 2. The maximum Gasteiger partial charge on any atom is 0.261 e. The van der Waals surface area contributed by atoms with E-state index >= 15 is 0 Å². The van der Waals surface area contributed by atoms with Crippen molar-refractivity contribution in [2.45, 2.75) is 20.4 Å². The van der Waals surface area contributed by atoms with Gasteiger partial charge in [0.1, 0.15) is 6.54 Å². The number of fused-ring (bicyclic) bond motifs is 1. The van der Waals surface area contributed by atoms with E-state index in [0.717, 1.165) is 16.8 Å². The lowest BCUT2D eigenvalue weighted by Crippen LogP contribution is -2.37. The van der Waals surface area contributed by atoms with E-state index in [-0.39, 0.29) is 24.6 Å². The number of nitrogens with one attached hydrogen (secondary N) is 2. The van der Waals surface area contributed by atoms with Crippen molar-refractivity contribution in [3.05, 3.63) is 69.2 Å². The monoisotopic (exact) mass is 398 g/mol. The number of hydrogen-bond acceptors (Lipinski definition) is 4. The number of carbonyl (C=O) groups is 2. The molecular weight excluding hydrogens is 380 g/mol. The third-order valence-electron chi connectivity index (χ3n) is 4.29. The molecule has 0 saturated carbocycles. The van der Waals surface area contributed by atoms with Gasteiger partial charge in [-0.25, -0.2) is 4.98 Å². The molecule has 28 heavy (non-hydrogen) atoms. The number of aryl methyl sites for hydroxylation is 2. The summed E-state index contributed by atoms with van der Waals surface area (Å²) in [6.45, 7) is 3.36. The summed E-state index contributed by atoms with van der Waals surface area (Å²) in [6.07, 6.45) is 1.29. The van der Waals surface area contributed by atoms with Crippen molar-refractivity contribution in [3.8, 4) is 0 Å². The fourth-order valence-corrected chi connectivity index (χ4v) is 3.00. The van der Waals surface area contributed by atoms with Crippen LogP contribution in [0.4, 0.5) is 5.69 Å². The van der Waals surface area contributed by atoms with Crippen LogP contribution >= 0.6 is 11.6 Å². The molecule has 7 nitrogen and oxygen atoms in total. The number of hydrogen-bond donors (Lipinski definition) is 2. The maximum atomic E-state index is 12.5. The third kappa shape index (κ3) is 4.37. The van der Waals surface area contributed by atoms with Crippen LogP contribution < -0.4 is 16.2 Å². The molecule has 2 amide bonds. The Balaban J connectivity index is 1.62. The summed E-state index contributed by atoms with van der Waals surface area (Å²) >= 11 is 5.89. The van der Waals surface area contributed by atoms with Crippen molar-refractivity contribution >= 4 is 40.0 Å². The molecular formula is C20H19ClN4O3. The molecule has 0 bridgehead atoms. The Morgan fingerprint density at radius 1 is 1.11 bits per heavy atom. The first-order valence-corrected chi connectivity index (χ1v) is 9.00. The van der Waals surface area contributed by atoms with Crippen LogP contribution in [0.15, 0.2) is 47.5 Å². The van der Waals surface area contributed by atoms with E-state index in [1.807, 2.05) is 32.0 Å². The number of aromatic nitrogens is 2. The van der Waals surface area contributed by atoms with Crippen LogP contribution in [0.3, 0.4) is 0 Å². The Labute approximate surface area is 166 Å². The molecule has 0 aliphatic heterocycles. The second kappa shape index (κ2) is 8.22. The second-order valence-corrected chi connectivity index (χ2v) is 6.87. The summed E-state index contributed by atoms with van der Waals surface area (Å²) in [5.41, 5.74) is 2.72. The molecule has 0 saturated heterocycles. The second-order valence-electron chi connectivity index (χ2n) is 6.43. The zero-order valence-corrected chi connectivity index (χ0v) is 16.2. The Morgan fingerprint density at radius 3 is 2.54 bits per heavy atom. The lowest BCUT2D eigenvalue weighted by molar-refractivity contribution is -0.124. The molecule has 3 rings (SSSR count). The number of anilines is 1. The highest BCUT2D eigenvalue weighted by atomic mass is 35.5. The smallest absolute Gasteiger partial charge is 0.261 e. The molecule has 8 heteroatoms. The van der Waals surface area contributed by atoms with Gasteiger partial charge in [-0.3, -0.25) is 19.0 Å². The fraction of sp³-hybridized carbons (Fsp3) is 0.200. The lowest BCUT2D eigenvalue weighted by atomic mass is 10.1. The normalized spacial score (nSPS) is 10.7. The summed E-state index contributed by atoms with van der Waals surface area (Å²) in [7, 11) is 0. The van der Waals surface area contributed by atoms with Gasteiger partial charge >= 0.3 is 0 Å². The van der Waals surface area contributed by atoms with Gasteiger partial charge in [-0.05, 0) is 43.2 Å². The largest absolute Gasteiger partial charge is 0.345 e. The summed E-state index contributed by atoms with van der Waals surface area (Å²) in [5.74, 6) is -0.807. The van der Waals surface area contributed by atoms with Crippen LogP contribution in [0.1, 0.15) is 11.1 Å². The highest BCUT2D eigenvalue weighted by Gasteiger charge is 2.11. The summed E-state index contributed by atoms with van der Waals surface area (Å²) < 4.78 is 1.19. The van der Waals surface area contributed by atoms with Crippen molar-refractivity contribution in [1.29, 1.82) is 0 Å². The van der Waals surface area contributed by atoms with Gasteiger partial charge in [-0.1, -0.05) is 29.8 Å². The minimum atomic E-state index is -0.464. The van der Waals surface area contributed by atoms with Gasteiger partial charge in [0.2, 0.25) is 11.8 Å². The highest BCUT2D eigenvalue weighted by molar-refractivity contribution is 6.31. The molecule has 144 valence electrons. The molecule has 0 radical (unpaired) electrons. The Hall–Kier alpha value is -3.19. The van der Waals surface area contributed by atoms with Crippen molar-refractivity contribution in [3.63, 3.8) is 0 Å². The number of nitrogens with zero attached hydrogens (tertiary/aromatic N) is 2. The molecule has 2 aromatic carbocycles. The minimum absolute atomic E-state index is 0.196. The van der Waals surface area contributed by atoms with E-state index in [2.05, 4.69) is 15.6 Å². The van der Waals surface area contributed by atoms with Crippen LogP contribution in [0.25, 0.3) is 10.9 Å². The van der Waals surface area contributed by atoms with Gasteiger partial charge in [0.25, 0.3) is 5.56 Å². The van der Waals surface area contributed by atoms with Gasteiger partial charge in [-0.15, -0.1) is 0 Å². The zero-order chi connectivity index (χ0) is 20.3. The first-order valence-electron chi connectivity index (χ1n) is 8.62. The summed E-state index contributed by atoms with van der Waals surface area (Å²) in [4.78, 5) is 40.9. The molecule has 0 unspecified atom stereocenters. The van der Waals surface area contributed by atoms with Crippen LogP contribution in [-0.4, -0.2) is 27.9 Å². The average Bonchev–Trinajstić information content (AvgIpc) is 2.65. The van der Waals surface area contributed by atoms with Crippen molar-refractivity contribution in [1.82, 2.24) is 14.9 Å². The molecule has 0 atom stereocenters. The molecule has 0 spiro atoms. The van der Waals surface area contributed by atoms with Crippen molar-refractivity contribution in [2.75, 3.05) is 11.9 Å². The van der Waals surface area contributed by atoms with Gasteiger partial charge < -0.3 is 10.6 Å². The topological polar surface area (TPSA) is 93.1 Å². The predicted octanol–water partition coefficient (Wildman–Crippen LogP) is 2.42. The first kappa shape index (κ1) is 19.6. The maximum absolute atomic E-state index is 12.5. The molecule has 1 heterocycles. The van der Waals surface area contributed by atoms with Crippen molar-refractivity contribution in [2.24, 2.45) is 0 Å². The van der Waals surface area contributed by atoms with E-state index in [1.165, 1.54) is 10.9 Å². The van der Waals surface area contributed by atoms with E-state index < -0.39 is 5.91 Å². The predicted molar refractivity (Wildman–Crippen MR) is 109 cm³/mol. The Kier molecular flexibility index (Phi) is 5.75. The average molecular weight is 399 g/mol. The summed E-state index contributed by atoms with van der Waals surface area (Å²) in [6, 6.07) is 10.4. The van der Waals surface area contributed by atoms with E-state index in [1.54, 1.807) is 18.2 Å². The quantitative estimate of drug-likeness (QED) is 0.690. The number of benzene rings is 2. The van der Waals surface area contributed by atoms with Crippen LogP contribution in [0.5, 0.6) is 0 Å². The Bertz CT molecular complexity index is 1100. The van der Waals surface area contributed by atoms with Gasteiger partial charge in [0, 0.05) is 10.7 Å². The van der Waals surface area contributed by atoms with Gasteiger partial charge in [-0.2, -0.15) is 0 Å². The molecule has 2 N–H and O–H groups in total. The minimum Gasteiger partial charge on any atom is -0.345 e. The number of amides is 2. The third-order valence-corrected chi connectivity index (χ3v) is 4.53. The molecule has 0 aliphatic rings. The first-order chi connectivity index (χ1) is 13.3. The highest BCUT2D eigenvalue weighted by Crippen LogP contribution is 2.19. The summed E-state index contributed by atoms with van der Waals surface area (Å²) in [5, 5.41) is 6.15. The van der Waals surface area contributed by atoms with E-state index in [9.17, 15) is 14.4 Å². The van der Waals surface area contributed by atoms with Crippen LogP contribution in [0, 0.1) is 13.8 Å². The van der Waals surface area contributed by atoms with E-state index in [0.29, 0.717) is 15.9 Å². The zero-order valence-electron chi connectivity index (χ0n) is 15.5. The molecule has 0 fully saturated rings. The van der Waals surface area contributed by atoms with Crippen molar-refractivity contribution < 1.29 is 9.59 Å². The molecule has 1 aromatic heterocycles. The number of rotatable bonds is 5. The van der Waals surface area contributed by atoms with Crippen LogP contribution in [0.2, 0.25) is 5.02 Å². The van der Waals surface area contributed by atoms with E-state index in [4.69, 9.17) is 11.6 Å². The fourth-order valence-electron chi connectivity index (χ4n) is 2.83. The number of halogens is 1. The Morgan fingerprint density at radius 2 is 1.82 bits per heavy atom.